The molecule has 1 aliphatic heterocycles. The van der Waals surface area contributed by atoms with E-state index >= 15 is 0 Å². The fourth-order valence-corrected chi connectivity index (χ4v) is 2.42. The molecule has 1 saturated heterocycles. The predicted octanol–water partition coefficient (Wildman–Crippen LogP) is 1.86. The molecule has 0 unspecified atom stereocenters. The van der Waals surface area contributed by atoms with Gasteiger partial charge in [-0.1, -0.05) is 49.3 Å². The van der Waals surface area contributed by atoms with E-state index in [1.54, 1.807) is 0 Å². The number of hydrogen-bond donors (Lipinski definition) is 1. The second-order valence-electron chi connectivity index (χ2n) is 5.82. The van der Waals surface area contributed by atoms with Crippen molar-refractivity contribution in [2.45, 2.75) is 38.8 Å². The van der Waals surface area contributed by atoms with Crippen LogP contribution in [0.4, 0.5) is 4.79 Å². The zero-order valence-corrected chi connectivity index (χ0v) is 13.0. The largest absolute Gasteiger partial charge is 0.339 e. The van der Waals surface area contributed by atoms with Crippen molar-refractivity contribution in [1.29, 1.82) is 0 Å². The van der Waals surface area contributed by atoms with Crippen LogP contribution in [0.2, 0.25) is 0 Å². The van der Waals surface area contributed by atoms with E-state index < -0.39 is 12.1 Å². The average Bonchev–Trinajstić information content (AvgIpc) is 3.10. The number of hydrogen-bond acceptors (Lipinski definition) is 5. The molecule has 0 spiro atoms. The van der Waals surface area contributed by atoms with Gasteiger partial charge >= 0.3 is 6.03 Å². The highest BCUT2D eigenvalue weighted by Crippen LogP contribution is 2.16. The Balaban J connectivity index is 1.68. The number of nitrogens with zero attached hydrogens (tertiary/aromatic N) is 3. The molecule has 2 heterocycles. The van der Waals surface area contributed by atoms with E-state index in [1.165, 1.54) is 0 Å². The van der Waals surface area contributed by atoms with E-state index in [2.05, 4.69) is 15.5 Å². The number of urea groups is 1. The van der Waals surface area contributed by atoms with Gasteiger partial charge in [0.1, 0.15) is 6.04 Å². The van der Waals surface area contributed by atoms with Gasteiger partial charge in [0.2, 0.25) is 5.89 Å². The summed E-state index contributed by atoms with van der Waals surface area (Å²) < 4.78 is 5.10. The van der Waals surface area contributed by atoms with Gasteiger partial charge in [0.15, 0.2) is 5.82 Å². The Kier molecular flexibility index (Phi) is 4.10. The van der Waals surface area contributed by atoms with Crippen LogP contribution in [0.1, 0.15) is 37.0 Å². The van der Waals surface area contributed by atoms with Gasteiger partial charge < -0.3 is 9.84 Å². The third-order valence-corrected chi connectivity index (χ3v) is 3.67. The summed E-state index contributed by atoms with van der Waals surface area (Å²) in [6, 6.07) is 8.59. The van der Waals surface area contributed by atoms with Crippen LogP contribution in [0.5, 0.6) is 0 Å². The molecule has 7 nitrogen and oxygen atoms in total. The summed E-state index contributed by atoms with van der Waals surface area (Å²) in [5, 5.41) is 6.52. The fourth-order valence-electron chi connectivity index (χ4n) is 2.42. The molecule has 1 aliphatic rings. The van der Waals surface area contributed by atoms with Gasteiger partial charge in [-0.3, -0.25) is 9.69 Å². The monoisotopic (exact) mass is 314 g/mol. The van der Waals surface area contributed by atoms with Crippen molar-refractivity contribution in [3.8, 4) is 0 Å². The minimum absolute atomic E-state index is 0.0200. The van der Waals surface area contributed by atoms with Crippen LogP contribution in [0, 0.1) is 0 Å². The van der Waals surface area contributed by atoms with E-state index in [0.29, 0.717) is 18.1 Å². The molecule has 7 heteroatoms. The Labute approximate surface area is 133 Å². The summed E-state index contributed by atoms with van der Waals surface area (Å²) in [7, 11) is 0. The highest BCUT2D eigenvalue weighted by molar-refractivity contribution is 6.04. The van der Waals surface area contributed by atoms with E-state index in [1.807, 2.05) is 44.2 Å². The average molecular weight is 314 g/mol. The molecule has 0 aliphatic carbocycles. The third kappa shape index (κ3) is 3.23. The Morgan fingerprint density at radius 2 is 2.00 bits per heavy atom. The lowest BCUT2D eigenvalue weighted by molar-refractivity contribution is -0.127. The highest BCUT2D eigenvalue weighted by atomic mass is 16.5. The zero-order chi connectivity index (χ0) is 16.4. The SMILES string of the molecule is CC(C)c1nc(CN2C(=O)N[C@H](Cc3ccccc3)C2=O)no1. The molecule has 0 saturated carbocycles. The lowest BCUT2D eigenvalue weighted by atomic mass is 10.1. The van der Waals surface area contributed by atoms with E-state index in [4.69, 9.17) is 4.52 Å². The van der Waals surface area contributed by atoms with Gasteiger partial charge in [-0.2, -0.15) is 4.98 Å². The maximum Gasteiger partial charge on any atom is 0.325 e. The number of rotatable bonds is 5. The fraction of sp³-hybridized carbons (Fsp3) is 0.375. The van der Waals surface area contributed by atoms with Crippen molar-refractivity contribution in [3.63, 3.8) is 0 Å². The molecule has 0 radical (unpaired) electrons. The van der Waals surface area contributed by atoms with Crippen molar-refractivity contribution < 1.29 is 14.1 Å². The number of carbonyl (C=O) groups is 2. The number of benzene rings is 1. The maximum atomic E-state index is 12.4. The normalized spacial score (nSPS) is 17.9. The summed E-state index contributed by atoms with van der Waals surface area (Å²) in [5.41, 5.74) is 0.995. The molecule has 120 valence electrons. The zero-order valence-electron chi connectivity index (χ0n) is 13.0. The van der Waals surface area contributed by atoms with Crippen molar-refractivity contribution >= 4 is 11.9 Å². The molecule has 1 aromatic carbocycles. The van der Waals surface area contributed by atoms with E-state index in [9.17, 15) is 9.59 Å². The van der Waals surface area contributed by atoms with Crippen LogP contribution < -0.4 is 5.32 Å². The van der Waals surface area contributed by atoms with Crippen LogP contribution in [0.3, 0.4) is 0 Å². The minimum Gasteiger partial charge on any atom is -0.339 e. The molecular formula is C16H18N4O3. The van der Waals surface area contributed by atoms with Crippen LogP contribution in [0.25, 0.3) is 0 Å². The first-order chi connectivity index (χ1) is 11.0. The van der Waals surface area contributed by atoms with E-state index in [0.717, 1.165) is 10.5 Å². The summed E-state index contributed by atoms with van der Waals surface area (Å²) in [4.78, 5) is 29.8. The molecule has 23 heavy (non-hydrogen) atoms. The lowest BCUT2D eigenvalue weighted by Gasteiger charge is -2.10. The van der Waals surface area contributed by atoms with Crippen LogP contribution >= 0.6 is 0 Å². The molecule has 2 aromatic rings. The van der Waals surface area contributed by atoms with Gasteiger partial charge in [0.05, 0.1) is 6.54 Å². The second-order valence-corrected chi connectivity index (χ2v) is 5.82. The molecule has 0 bridgehead atoms. The summed E-state index contributed by atoms with van der Waals surface area (Å²) in [6.07, 6.45) is 0.464. The van der Waals surface area contributed by atoms with Crippen LogP contribution in [-0.4, -0.2) is 33.0 Å². The smallest absolute Gasteiger partial charge is 0.325 e. The molecule has 1 aromatic heterocycles. The quantitative estimate of drug-likeness (QED) is 0.851. The first-order valence-electron chi connectivity index (χ1n) is 7.53. The summed E-state index contributed by atoms with van der Waals surface area (Å²) in [5.74, 6) is 0.658. The van der Waals surface area contributed by atoms with Crippen LogP contribution in [0.15, 0.2) is 34.9 Å². The predicted molar refractivity (Wildman–Crippen MR) is 81.4 cm³/mol. The number of aromatic nitrogens is 2. The lowest BCUT2D eigenvalue weighted by Crippen LogP contribution is -2.32. The number of imide groups is 1. The second kappa shape index (κ2) is 6.20. The Bertz CT molecular complexity index is 711. The molecular weight excluding hydrogens is 296 g/mol. The van der Waals surface area contributed by atoms with Crippen molar-refractivity contribution in [3.05, 3.63) is 47.6 Å². The maximum absolute atomic E-state index is 12.4. The molecule has 3 amide bonds. The molecule has 1 N–H and O–H groups in total. The molecule has 1 fully saturated rings. The molecule has 3 rings (SSSR count). The summed E-state index contributed by atoms with van der Waals surface area (Å²) in [6.45, 7) is 3.88. The molecule has 1 atom stereocenters. The van der Waals surface area contributed by atoms with Gasteiger partial charge in [0, 0.05) is 12.3 Å². The van der Waals surface area contributed by atoms with Crippen molar-refractivity contribution in [1.82, 2.24) is 20.4 Å². The highest BCUT2D eigenvalue weighted by Gasteiger charge is 2.38. The Morgan fingerprint density at radius 3 is 2.65 bits per heavy atom. The van der Waals surface area contributed by atoms with Gasteiger partial charge in [-0.25, -0.2) is 4.79 Å². The number of amides is 3. The van der Waals surface area contributed by atoms with Gasteiger partial charge in [-0.05, 0) is 5.56 Å². The van der Waals surface area contributed by atoms with Crippen LogP contribution in [-0.2, 0) is 17.8 Å². The topological polar surface area (TPSA) is 88.3 Å². The Morgan fingerprint density at radius 1 is 1.26 bits per heavy atom. The standard InChI is InChI=1S/C16H18N4O3/c1-10(2)14-18-13(19-23-14)9-20-15(21)12(17-16(20)22)8-11-6-4-3-5-7-11/h3-7,10,12H,8-9H2,1-2H3,(H,17,22)/t12-/m1/s1. The van der Waals surface area contributed by atoms with Crippen molar-refractivity contribution in [2.75, 3.05) is 0 Å². The summed E-state index contributed by atoms with van der Waals surface area (Å²) >= 11 is 0. The van der Waals surface area contributed by atoms with Gasteiger partial charge in [0.25, 0.3) is 5.91 Å². The first kappa shape index (κ1) is 15.2. The number of carbonyl (C=O) groups excluding carboxylic acids is 2. The Hall–Kier alpha value is -2.70. The third-order valence-electron chi connectivity index (χ3n) is 3.67. The minimum atomic E-state index is -0.554. The number of nitrogens with one attached hydrogen (secondary N) is 1. The van der Waals surface area contributed by atoms with E-state index in [-0.39, 0.29) is 18.4 Å². The van der Waals surface area contributed by atoms with Gasteiger partial charge in [-0.15, -0.1) is 0 Å². The first-order valence-corrected chi connectivity index (χ1v) is 7.53. The van der Waals surface area contributed by atoms with Crippen molar-refractivity contribution in [2.24, 2.45) is 0 Å².